The third-order valence-corrected chi connectivity index (χ3v) is 2.52. The zero-order valence-corrected chi connectivity index (χ0v) is 13.1. The molecule has 0 aliphatic heterocycles. The number of amides is 1. The summed E-state index contributed by atoms with van der Waals surface area (Å²) in [4.78, 5) is 25.4. The number of hydrogen-bond donors (Lipinski definition) is 4. The van der Waals surface area contributed by atoms with Gasteiger partial charge in [0, 0.05) is 24.2 Å². The standard InChI is InChI=1S/C9H11N3O.C7H6O4/c1-7(2)11-12-9(13)8-4-3-5-10-6-8;8-4-1-2-5(7(10)11)6(9)3-4/h3-6H,1-2H3,(H,12,13);1-3,8-9H,(H,10,11). The first kappa shape index (κ1) is 18.6. The Morgan fingerprint density at radius 3 is 2.38 bits per heavy atom. The van der Waals surface area contributed by atoms with Crippen LogP contribution in [-0.2, 0) is 0 Å². The number of aromatic carboxylic acids is 1. The summed E-state index contributed by atoms with van der Waals surface area (Å²) in [7, 11) is 0. The lowest BCUT2D eigenvalue weighted by Crippen LogP contribution is -2.18. The van der Waals surface area contributed by atoms with Crippen LogP contribution in [0.4, 0.5) is 0 Å². The highest BCUT2D eigenvalue weighted by Crippen LogP contribution is 2.21. The lowest BCUT2D eigenvalue weighted by atomic mass is 10.2. The van der Waals surface area contributed by atoms with Crippen LogP contribution in [0.3, 0.4) is 0 Å². The van der Waals surface area contributed by atoms with Crippen molar-refractivity contribution < 1.29 is 24.9 Å². The Morgan fingerprint density at radius 2 is 1.88 bits per heavy atom. The molecular formula is C16H17N3O5. The molecule has 2 rings (SSSR count). The van der Waals surface area contributed by atoms with Crippen LogP contribution >= 0.6 is 0 Å². The first-order valence-electron chi connectivity index (χ1n) is 6.77. The number of pyridine rings is 1. The molecule has 0 bridgehead atoms. The monoisotopic (exact) mass is 331 g/mol. The molecule has 0 saturated carbocycles. The molecule has 0 aliphatic carbocycles. The molecule has 2 aromatic rings. The molecule has 1 aromatic heterocycles. The number of rotatable bonds is 3. The van der Waals surface area contributed by atoms with Crippen molar-refractivity contribution >= 4 is 17.6 Å². The van der Waals surface area contributed by atoms with Gasteiger partial charge in [-0.2, -0.15) is 5.10 Å². The molecule has 0 aliphatic rings. The molecule has 8 heteroatoms. The van der Waals surface area contributed by atoms with Crippen LogP contribution in [0.5, 0.6) is 11.5 Å². The summed E-state index contributed by atoms with van der Waals surface area (Å²) in [5.41, 5.74) is 3.50. The molecular weight excluding hydrogens is 314 g/mol. The number of hydrazone groups is 1. The number of phenols is 2. The van der Waals surface area contributed by atoms with Crippen molar-refractivity contribution in [1.29, 1.82) is 0 Å². The van der Waals surface area contributed by atoms with Gasteiger partial charge in [0.2, 0.25) is 0 Å². The van der Waals surface area contributed by atoms with Crippen molar-refractivity contribution in [2.45, 2.75) is 13.8 Å². The van der Waals surface area contributed by atoms with Gasteiger partial charge in [-0.15, -0.1) is 0 Å². The normalized spacial score (nSPS) is 9.25. The number of carboxylic acids is 1. The molecule has 0 radical (unpaired) electrons. The topological polar surface area (TPSA) is 132 Å². The van der Waals surface area contributed by atoms with Crippen LogP contribution in [0.25, 0.3) is 0 Å². The minimum Gasteiger partial charge on any atom is -0.508 e. The average Bonchev–Trinajstić information content (AvgIpc) is 2.53. The number of carboxylic acid groups (broad SMARTS) is 1. The van der Waals surface area contributed by atoms with Gasteiger partial charge in [0.25, 0.3) is 5.91 Å². The molecule has 1 aromatic carbocycles. The fraction of sp³-hybridized carbons (Fsp3) is 0.125. The van der Waals surface area contributed by atoms with E-state index in [1.807, 2.05) is 13.8 Å². The maximum atomic E-state index is 11.3. The summed E-state index contributed by atoms with van der Waals surface area (Å²) in [5.74, 6) is -2.05. The van der Waals surface area contributed by atoms with E-state index in [0.29, 0.717) is 5.56 Å². The van der Waals surface area contributed by atoms with Crippen molar-refractivity contribution in [2.24, 2.45) is 5.10 Å². The van der Waals surface area contributed by atoms with Crippen LogP contribution in [0.15, 0.2) is 47.8 Å². The molecule has 0 fully saturated rings. The van der Waals surface area contributed by atoms with Crippen molar-refractivity contribution in [1.82, 2.24) is 10.4 Å². The molecule has 126 valence electrons. The van der Waals surface area contributed by atoms with E-state index in [9.17, 15) is 9.59 Å². The van der Waals surface area contributed by atoms with Crippen LogP contribution in [0.2, 0.25) is 0 Å². The van der Waals surface area contributed by atoms with Crippen molar-refractivity contribution in [3.63, 3.8) is 0 Å². The summed E-state index contributed by atoms with van der Waals surface area (Å²) < 4.78 is 0. The second-order valence-corrected chi connectivity index (χ2v) is 4.75. The maximum Gasteiger partial charge on any atom is 0.339 e. The third-order valence-electron chi connectivity index (χ3n) is 2.52. The maximum absolute atomic E-state index is 11.3. The summed E-state index contributed by atoms with van der Waals surface area (Å²) in [6.45, 7) is 3.62. The zero-order valence-electron chi connectivity index (χ0n) is 13.1. The van der Waals surface area contributed by atoms with Crippen molar-refractivity contribution in [3.8, 4) is 11.5 Å². The first-order chi connectivity index (χ1) is 11.3. The van der Waals surface area contributed by atoms with Gasteiger partial charge in [0.05, 0.1) is 5.56 Å². The second-order valence-electron chi connectivity index (χ2n) is 4.75. The van der Waals surface area contributed by atoms with E-state index in [1.165, 1.54) is 12.3 Å². The van der Waals surface area contributed by atoms with Crippen LogP contribution < -0.4 is 5.43 Å². The molecule has 0 saturated heterocycles. The van der Waals surface area contributed by atoms with Crippen LogP contribution in [-0.4, -0.2) is 37.9 Å². The van der Waals surface area contributed by atoms with Gasteiger partial charge in [-0.25, -0.2) is 10.2 Å². The number of aromatic hydroxyl groups is 2. The zero-order chi connectivity index (χ0) is 18.1. The van der Waals surface area contributed by atoms with E-state index in [1.54, 1.807) is 18.3 Å². The number of aromatic nitrogens is 1. The Kier molecular flexibility index (Phi) is 6.90. The van der Waals surface area contributed by atoms with Gasteiger partial charge >= 0.3 is 5.97 Å². The third kappa shape index (κ3) is 6.14. The predicted molar refractivity (Wildman–Crippen MR) is 87.2 cm³/mol. The van der Waals surface area contributed by atoms with Gasteiger partial charge in [0.1, 0.15) is 17.1 Å². The quantitative estimate of drug-likeness (QED) is 0.502. The lowest BCUT2D eigenvalue weighted by Gasteiger charge is -1.98. The van der Waals surface area contributed by atoms with E-state index in [4.69, 9.17) is 15.3 Å². The number of benzene rings is 1. The smallest absolute Gasteiger partial charge is 0.339 e. The number of phenolic OH excluding ortho intramolecular Hbond substituents is 1. The van der Waals surface area contributed by atoms with E-state index in [-0.39, 0.29) is 17.2 Å². The Labute approximate surface area is 138 Å². The first-order valence-corrected chi connectivity index (χ1v) is 6.77. The number of hydrogen-bond acceptors (Lipinski definition) is 6. The lowest BCUT2D eigenvalue weighted by molar-refractivity contribution is 0.0693. The average molecular weight is 331 g/mol. The van der Waals surface area contributed by atoms with Gasteiger partial charge in [0.15, 0.2) is 0 Å². The number of carbonyl (C=O) groups excluding carboxylic acids is 1. The highest BCUT2D eigenvalue weighted by atomic mass is 16.4. The predicted octanol–water partition coefficient (Wildman–Crippen LogP) is 2.00. The Balaban J connectivity index is 0.000000243. The largest absolute Gasteiger partial charge is 0.508 e. The van der Waals surface area contributed by atoms with Crippen LogP contribution in [0.1, 0.15) is 34.6 Å². The van der Waals surface area contributed by atoms with Gasteiger partial charge in [-0.05, 0) is 38.1 Å². The summed E-state index contributed by atoms with van der Waals surface area (Å²) in [6.07, 6.45) is 3.11. The molecule has 1 heterocycles. The Bertz CT molecular complexity index is 741. The minimum atomic E-state index is -1.22. The number of nitrogens with zero attached hydrogens (tertiary/aromatic N) is 2. The molecule has 4 N–H and O–H groups in total. The number of nitrogens with one attached hydrogen (secondary N) is 1. The number of carbonyl (C=O) groups is 2. The summed E-state index contributed by atoms with van der Waals surface area (Å²) in [5, 5.41) is 29.9. The Morgan fingerprint density at radius 1 is 1.17 bits per heavy atom. The highest BCUT2D eigenvalue weighted by Gasteiger charge is 2.08. The van der Waals surface area contributed by atoms with Crippen molar-refractivity contribution in [2.75, 3.05) is 0 Å². The summed E-state index contributed by atoms with van der Waals surface area (Å²) >= 11 is 0. The van der Waals surface area contributed by atoms with Crippen LogP contribution in [0, 0.1) is 0 Å². The molecule has 0 spiro atoms. The fourth-order valence-electron chi connectivity index (χ4n) is 1.43. The van der Waals surface area contributed by atoms with Gasteiger partial charge in [-0.3, -0.25) is 9.78 Å². The van der Waals surface area contributed by atoms with E-state index in [0.717, 1.165) is 17.8 Å². The summed E-state index contributed by atoms with van der Waals surface area (Å²) in [6, 6.07) is 6.69. The Hall–Kier alpha value is -3.42. The van der Waals surface area contributed by atoms with Crippen molar-refractivity contribution in [3.05, 3.63) is 53.9 Å². The van der Waals surface area contributed by atoms with E-state index >= 15 is 0 Å². The minimum absolute atomic E-state index is 0.160. The van der Waals surface area contributed by atoms with E-state index < -0.39 is 11.7 Å². The molecule has 0 atom stereocenters. The molecule has 0 unspecified atom stereocenters. The fourth-order valence-corrected chi connectivity index (χ4v) is 1.43. The SMILES string of the molecule is CC(C)=NNC(=O)c1cccnc1.O=C(O)c1ccc(O)cc1O. The highest BCUT2D eigenvalue weighted by molar-refractivity contribution is 5.94. The van der Waals surface area contributed by atoms with Gasteiger partial charge < -0.3 is 15.3 Å². The van der Waals surface area contributed by atoms with Gasteiger partial charge in [-0.1, -0.05) is 0 Å². The second kappa shape index (κ2) is 8.89. The molecule has 1 amide bonds. The molecule has 8 nitrogen and oxygen atoms in total. The molecule has 24 heavy (non-hydrogen) atoms. The van der Waals surface area contributed by atoms with E-state index in [2.05, 4.69) is 15.5 Å².